The van der Waals surface area contributed by atoms with E-state index in [0.717, 1.165) is 11.1 Å². The zero-order valence-electron chi connectivity index (χ0n) is 20.9. The molecule has 0 saturated heterocycles. The molecule has 194 valence electrons. The number of ether oxygens (including phenoxy) is 3. The number of nitrogens with one attached hydrogen (secondary N) is 2. The van der Waals surface area contributed by atoms with Crippen LogP contribution in [0.15, 0.2) is 60.7 Å². The lowest BCUT2D eigenvalue weighted by Gasteiger charge is -2.29. The highest BCUT2D eigenvalue weighted by atomic mass is 16.6. The van der Waals surface area contributed by atoms with Gasteiger partial charge in [-0.05, 0) is 31.4 Å². The predicted octanol–water partition coefficient (Wildman–Crippen LogP) is 3.02. The summed E-state index contributed by atoms with van der Waals surface area (Å²) in [5, 5.41) is 5.26. The van der Waals surface area contributed by atoms with Gasteiger partial charge in [0.05, 0.1) is 13.2 Å². The van der Waals surface area contributed by atoms with E-state index in [0.29, 0.717) is 6.42 Å². The van der Waals surface area contributed by atoms with Crippen LogP contribution in [0, 0.1) is 11.8 Å². The average molecular weight is 499 g/mol. The van der Waals surface area contributed by atoms with Crippen LogP contribution in [-0.2, 0) is 41.6 Å². The number of esters is 2. The predicted molar refractivity (Wildman–Crippen MR) is 133 cm³/mol. The number of carbonyl (C=O) groups excluding carboxylic acids is 4. The minimum atomic E-state index is -1.22. The zero-order valence-corrected chi connectivity index (χ0v) is 20.9. The summed E-state index contributed by atoms with van der Waals surface area (Å²) in [6, 6.07) is 17.9. The van der Waals surface area contributed by atoms with Gasteiger partial charge in [-0.25, -0.2) is 4.79 Å². The molecule has 2 aromatic rings. The fourth-order valence-corrected chi connectivity index (χ4v) is 3.64. The minimum absolute atomic E-state index is 0.0721. The van der Waals surface area contributed by atoms with E-state index in [9.17, 15) is 19.2 Å². The van der Waals surface area contributed by atoms with Crippen molar-refractivity contribution in [3.8, 4) is 0 Å². The van der Waals surface area contributed by atoms with E-state index >= 15 is 0 Å². The van der Waals surface area contributed by atoms with Crippen LogP contribution in [0.3, 0.4) is 0 Å². The smallest absolute Gasteiger partial charge is 0.407 e. The van der Waals surface area contributed by atoms with Crippen LogP contribution in [0.5, 0.6) is 0 Å². The van der Waals surface area contributed by atoms with Crippen molar-refractivity contribution in [3.05, 3.63) is 71.8 Å². The molecule has 2 aromatic carbocycles. The van der Waals surface area contributed by atoms with Crippen molar-refractivity contribution < 1.29 is 33.4 Å². The van der Waals surface area contributed by atoms with Crippen molar-refractivity contribution in [3.63, 3.8) is 0 Å². The quantitative estimate of drug-likeness (QED) is 0.247. The molecule has 2 rings (SSSR count). The van der Waals surface area contributed by atoms with Gasteiger partial charge < -0.3 is 24.8 Å². The summed E-state index contributed by atoms with van der Waals surface area (Å²) in [6.45, 7) is 4.93. The number of rotatable bonds is 13. The number of alkyl carbamates (subject to hydrolysis) is 1. The van der Waals surface area contributed by atoms with Crippen molar-refractivity contribution in [2.45, 2.75) is 39.8 Å². The topological polar surface area (TPSA) is 120 Å². The Labute approximate surface area is 211 Å². The van der Waals surface area contributed by atoms with E-state index in [1.165, 1.54) is 0 Å². The van der Waals surface area contributed by atoms with E-state index < -0.39 is 41.8 Å². The largest absolute Gasteiger partial charge is 0.465 e. The van der Waals surface area contributed by atoms with E-state index in [1.54, 1.807) is 20.8 Å². The Morgan fingerprint density at radius 1 is 0.778 bits per heavy atom. The molecular weight excluding hydrogens is 464 g/mol. The Hall–Kier alpha value is -3.88. The van der Waals surface area contributed by atoms with Crippen LogP contribution in [0.1, 0.15) is 31.9 Å². The molecular formula is C27H34N2O7. The Morgan fingerprint density at radius 3 is 1.83 bits per heavy atom. The molecule has 9 nitrogen and oxygen atoms in total. The zero-order chi connectivity index (χ0) is 26.3. The molecule has 2 amide bonds. The highest BCUT2D eigenvalue weighted by molar-refractivity contribution is 5.95. The van der Waals surface area contributed by atoms with Crippen LogP contribution in [-0.4, -0.2) is 49.7 Å². The maximum Gasteiger partial charge on any atom is 0.407 e. The molecule has 0 fully saturated rings. The summed E-state index contributed by atoms with van der Waals surface area (Å²) in [5.74, 6) is -3.79. The lowest BCUT2D eigenvalue weighted by molar-refractivity contribution is -0.165. The normalized spacial score (nSPS) is 12.2. The molecule has 0 radical (unpaired) electrons. The van der Waals surface area contributed by atoms with Gasteiger partial charge in [0.1, 0.15) is 13.2 Å². The van der Waals surface area contributed by atoms with Crippen LogP contribution < -0.4 is 10.6 Å². The second kappa shape index (κ2) is 15.2. The lowest BCUT2D eigenvalue weighted by atomic mass is 9.84. The summed E-state index contributed by atoms with van der Waals surface area (Å²) in [6.07, 6.45) is -0.390. The van der Waals surface area contributed by atoms with Gasteiger partial charge in [-0.3, -0.25) is 14.4 Å². The first kappa shape index (κ1) is 28.4. The third kappa shape index (κ3) is 9.40. The number of amides is 2. The third-order valence-corrected chi connectivity index (χ3v) is 5.49. The molecule has 0 aliphatic heterocycles. The van der Waals surface area contributed by atoms with Gasteiger partial charge in [-0.2, -0.15) is 0 Å². The first-order chi connectivity index (χ1) is 17.3. The summed E-state index contributed by atoms with van der Waals surface area (Å²) in [5.41, 5.74) is 1.72. The minimum Gasteiger partial charge on any atom is -0.465 e. The first-order valence-corrected chi connectivity index (χ1v) is 12.0. The van der Waals surface area contributed by atoms with Crippen molar-refractivity contribution in [2.75, 3.05) is 19.8 Å². The fraction of sp³-hybridized carbons (Fsp3) is 0.407. The van der Waals surface area contributed by atoms with Gasteiger partial charge >= 0.3 is 18.0 Å². The molecule has 0 saturated carbocycles. The van der Waals surface area contributed by atoms with E-state index in [-0.39, 0.29) is 26.4 Å². The maximum atomic E-state index is 12.7. The van der Waals surface area contributed by atoms with E-state index in [2.05, 4.69) is 10.6 Å². The number of carbonyl (C=O) groups is 4. The summed E-state index contributed by atoms with van der Waals surface area (Å²) in [7, 11) is 0. The lowest BCUT2D eigenvalue weighted by Crippen LogP contribution is -2.50. The van der Waals surface area contributed by atoms with Crippen LogP contribution >= 0.6 is 0 Å². The molecule has 0 aliphatic rings. The van der Waals surface area contributed by atoms with Crippen LogP contribution in [0.25, 0.3) is 0 Å². The number of hydrogen-bond donors (Lipinski definition) is 2. The molecule has 0 bridgehead atoms. The molecule has 2 N–H and O–H groups in total. The fourth-order valence-electron chi connectivity index (χ4n) is 3.64. The Kier molecular flexibility index (Phi) is 12.0. The van der Waals surface area contributed by atoms with Crippen molar-refractivity contribution in [1.29, 1.82) is 0 Å². The van der Waals surface area contributed by atoms with E-state index in [1.807, 2.05) is 60.7 Å². The molecule has 36 heavy (non-hydrogen) atoms. The SMILES string of the molecule is CCOC(=O)C(C(=O)OCC)C(C)C(Cc1ccccc1)NC(=O)CNC(=O)OCc1ccccc1. The molecule has 0 spiro atoms. The van der Waals surface area contributed by atoms with Crippen molar-refractivity contribution >= 4 is 23.9 Å². The Morgan fingerprint density at radius 2 is 1.31 bits per heavy atom. The number of benzene rings is 2. The molecule has 0 aliphatic carbocycles. The highest BCUT2D eigenvalue weighted by Crippen LogP contribution is 2.22. The summed E-state index contributed by atoms with van der Waals surface area (Å²) >= 11 is 0. The third-order valence-electron chi connectivity index (χ3n) is 5.49. The number of hydrogen-bond acceptors (Lipinski definition) is 7. The standard InChI is InChI=1S/C27H34N2O7/c1-4-34-25(31)24(26(32)35-5-2)19(3)22(16-20-12-8-6-9-13-20)29-23(30)17-28-27(33)36-18-21-14-10-7-11-15-21/h6-15,19,22,24H,4-5,16-18H2,1-3H3,(H,28,33)(H,29,30). The van der Waals surface area contributed by atoms with E-state index in [4.69, 9.17) is 14.2 Å². The second-order valence-corrected chi connectivity index (χ2v) is 8.12. The van der Waals surface area contributed by atoms with Gasteiger partial charge in [0, 0.05) is 12.0 Å². The summed E-state index contributed by atoms with van der Waals surface area (Å²) < 4.78 is 15.4. The Balaban J connectivity index is 2.07. The average Bonchev–Trinajstić information content (AvgIpc) is 2.87. The van der Waals surface area contributed by atoms with Gasteiger partial charge in [0.15, 0.2) is 5.92 Å². The van der Waals surface area contributed by atoms with Gasteiger partial charge in [-0.1, -0.05) is 67.6 Å². The van der Waals surface area contributed by atoms with Gasteiger partial charge in [0.25, 0.3) is 0 Å². The Bertz CT molecular complexity index is 964. The van der Waals surface area contributed by atoms with Gasteiger partial charge in [-0.15, -0.1) is 0 Å². The second-order valence-electron chi connectivity index (χ2n) is 8.12. The molecule has 2 atom stereocenters. The van der Waals surface area contributed by atoms with Crippen LogP contribution in [0.4, 0.5) is 4.79 Å². The van der Waals surface area contributed by atoms with Gasteiger partial charge in [0.2, 0.25) is 5.91 Å². The van der Waals surface area contributed by atoms with Crippen molar-refractivity contribution in [2.24, 2.45) is 11.8 Å². The monoisotopic (exact) mass is 498 g/mol. The maximum absolute atomic E-state index is 12.7. The molecule has 0 heterocycles. The summed E-state index contributed by atoms with van der Waals surface area (Å²) in [4.78, 5) is 50.0. The molecule has 9 heteroatoms. The molecule has 2 unspecified atom stereocenters. The first-order valence-electron chi connectivity index (χ1n) is 12.0. The highest BCUT2D eigenvalue weighted by Gasteiger charge is 2.39. The molecule has 0 aromatic heterocycles. The van der Waals surface area contributed by atoms with Crippen molar-refractivity contribution in [1.82, 2.24) is 10.6 Å². The van der Waals surface area contributed by atoms with Crippen LogP contribution in [0.2, 0.25) is 0 Å².